The largest absolute Gasteiger partial charge is 0.491 e. The van der Waals surface area contributed by atoms with Crippen LogP contribution in [0.3, 0.4) is 0 Å². The molecule has 1 aliphatic heterocycles. The van der Waals surface area contributed by atoms with Crippen molar-refractivity contribution in [3.63, 3.8) is 0 Å². The van der Waals surface area contributed by atoms with Crippen LogP contribution < -0.4 is 9.64 Å². The summed E-state index contributed by atoms with van der Waals surface area (Å²) >= 11 is 0. The van der Waals surface area contributed by atoms with E-state index in [1.807, 2.05) is 30.0 Å². The first-order valence-corrected chi connectivity index (χ1v) is 10.8. The topological polar surface area (TPSA) is 45.2 Å². The Kier molecular flexibility index (Phi) is 10.3. The van der Waals surface area contributed by atoms with Gasteiger partial charge in [-0.2, -0.15) is 13.2 Å². The number of aliphatic hydroxyl groups excluding tert-OH is 1. The minimum atomic E-state index is -4.34. The maximum absolute atomic E-state index is 12.9. The lowest BCUT2D eigenvalue weighted by atomic mass is 10.1. The molecule has 1 unspecified atom stereocenters. The van der Waals surface area contributed by atoms with E-state index in [0.29, 0.717) is 51.6 Å². The molecule has 33 heavy (non-hydrogen) atoms. The number of aryl methyl sites for hydroxylation is 2. The molecule has 0 spiro atoms. The predicted octanol–water partition coefficient (Wildman–Crippen LogP) is 4.32. The summed E-state index contributed by atoms with van der Waals surface area (Å²) in [5.74, 6) is 0.802. The van der Waals surface area contributed by atoms with Crippen LogP contribution in [0.1, 0.15) is 16.7 Å². The summed E-state index contributed by atoms with van der Waals surface area (Å²) in [4.78, 5) is 4.04. The lowest BCUT2D eigenvalue weighted by Crippen LogP contribution is -2.49. The molecule has 0 radical (unpaired) electrons. The Morgan fingerprint density at radius 2 is 1.70 bits per heavy atom. The van der Waals surface area contributed by atoms with Crippen molar-refractivity contribution in [1.82, 2.24) is 4.90 Å². The maximum atomic E-state index is 12.9. The third kappa shape index (κ3) is 8.37. The Balaban J connectivity index is 0.00000385. The Morgan fingerprint density at radius 3 is 2.36 bits per heavy atom. The molecule has 184 valence electrons. The molecule has 0 bridgehead atoms. The molecule has 1 N–H and O–H groups in total. The van der Waals surface area contributed by atoms with E-state index in [9.17, 15) is 18.3 Å². The zero-order valence-electron chi connectivity index (χ0n) is 19.0. The molecule has 1 atom stereocenters. The second-order valence-corrected chi connectivity index (χ2v) is 8.16. The van der Waals surface area contributed by atoms with Crippen molar-refractivity contribution in [3.8, 4) is 5.75 Å². The van der Waals surface area contributed by atoms with E-state index in [-0.39, 0.29) is 19.0 Å². The fraction of sp³-hybridized carbons (Fsp3) is 0.500. The van der Waals surface area contributed by atoms with E-state index in [1.165, 1.54) is 23.3 Å². The number of rotatable bonds is 9. The lowest BCUT2D eigenvalue weighted by molar-refractivity contribution is -0.137. The Labute approximate surface area is 199 Å². The number of nitrogens with zero attached hydrogens (tertiary/aromatic N) is 2. The number of halogens is 4. The number of alkyl halides is 3. The molecular formula is C24H32ClF3N2O3. The molecule has 0 aliphatic carbocycles. The lowest BCUT2D eigenvalue weighted by Gasteiger charge is -2.37. The van der Waals surface area contributed by atoms with Gasteiger partial charge >= 0.3 is 6.18 Å². The fourth-order valence-corrected chi connectivity index (χ4v) is 3.66. The number of aliphatic hydroxyl groups is 1. The van der Waals surface area contributed by atoms with Crippen LogP contribution in [0.15, 0.2) is 42.5 Å². The molecule has 1 fully saturated rings. The third-order valence-electron chi connectivity index (χ3n) is 5.66. The number of hydrogen-bond acceptors (Lipinski definition) is 5. The summed E-state index contributed by atoms with van der Waals surface area (Å²) in [5, 5.41) is 10.2. The summed E-state index contributed by atoms with van der Waals surface area (Å²) in [7, 11) is 0. The zero-order valence-corrected chi connectivity index (χ0v) is 19.8. The molecule has 0 aromatic heterocycles. The first-order chi connectivity index (χ1) is 15.2. The molecule has 1 heterocycles. The number of β-amino-alcohol motifs (C(OH)–C–C–N with tert-alkyl or cyclic N) is 1. The van der Waals surface area contributed by atoms with Gasteiger partial charge in [-0.15, -0.1) is 12.4 Å². The highest BCUT2D eigenvalue weighted by molar-refractivity contribution is 5.85. The maximum Gasteiger partial charge on any atom is 0.416 e. The normalized spacial score (nSPS) is 15.8. The molecule has 2 aromatic carbocycles. The molecular weight excluding hydrogens is 457 g/mol. The fourth-order valence-electron chi connectivity index (χ4n) is 3.66. The van der Waals surface area contributed by atoms with E-state index in [0.717, 1.165) is 11.8 Å². The molecule has 5 nitrogen and oxygen atoms in total. The number of hydrogen-bond donors (Lipinski definition) is 1. The van der Waals surface area contributed by atoms with E-state index >= 15 is 0 Å². The highest BCUT2D eigenvalue weighted by atomic mass is 35.5. The van der Waals surface area contributed by atoms with Gasteiger partial charge in [-0.3, -0.25) is 4.90 Å². The minimum Gasteiger partial charge on any atom is -0.491 e. The second-order valence-electron chi connectivity index (χ2n) is 8.16. The summed E-state index contributed by atoms with van der Waals surface area (Å²) in [5.41, 5.74) is 2.33. The highest BCUT2D eigenvalue weighted by Crippen LogP contribution is 2.31. The van der Waals surface area contributed by atoms with Gasteiger partial charge in [0, 0.05) is 38.4 Å². The van der Waals surface area contributed by atoms with Gasteiger partial charge in [0.25, 0.3) is 0 Å². The standard InChI is InChI=1S/C24H31F3N2O3.ClH/c1-18-6-7-23(14-19(18)2)32-13-12-31-17-22(30)16-28-8-10-29(11-9-28)21-5-3-4-20(15-21)24(25,26)27;/h3-7,14-15,22,30H,8-13,16-17H2,1-2H3;1H. The number of piperazine rings is 1. The van der Waals surface area contributed by atoms with Crippen LogP contribution >= 0.6 is 12.4 Å². The number of ether oxygens (including phenoxy) is 2. The van der Waals surface area contributed by atoms with Crippen molar-refractivity contribution in [2.45, 2.75) is 26.1 Å². The average molecular weight is 489 g/mol. The van der Waals surface area contributed by atoms with Crippen molar-refractivity contribution < 1.29 is 27.8 Å². The quantitative estimate of drug-likeness (QED) is 0.532. The van der Waals surface area contributed by atoms with Gasteiger partial charge in [-0.25, -0.2) is 0 Å². The van der Waals surface area contributed by atoms with E-state index < -0.39 is 17.8 Å². The first kappa shape index (κ1) is 27.2. The predicted molar refractivity (Wildman–Crippen MR) is 126 cm³/mol. The number of anilines is 1. The van der Waals surface area contributed by atoms with Gasteiger partial charge in [0.1, 0.15) is 12.4 Å². The van der Waals surface area contributed by atoms with Gasteiger partial charge in [-0.1, -0.05) is 12.1 Å². The second kappa shape index (κ2) is 12.5. The third-order valence-corrected chi connectivity index (χ3v) is 5.66. The summed E-state index contributed by atoms with van der Waals surface area (Å²) < 4.78 is 50.0. The van der Waals surface area contributed by atoms with Crippen molar-refractivity contribution >= 4 is 18.1 Å². The summed E-state index contributed by atoms with van der Waals surface area (Å²) in [6, 6.07) is 11.4. The van der Waals surface area contributed by atoms with Crippen molar-refractivity contribution in [1.29, 1.82) is 0 Å². The van der Waals surface area contributed by atoms with Crippen LogP contribution in [0.5, 0.6) is 5.75 Å². The van der Waals surface area contributed by atoms with Gasteiger partial charge < -0.3 is 19.5 Å². The van der Waals surface area contributed by atoms with E-state index in [1.54, 1.807) is 6.07 Å². The van der Waals surface area contributed by atoms with Crippen LogP contribution in [-0.2, 0) is 10.9 Å². The Hall–Kier alpha value is -2.00. The smallest absolute Gasteiger partial charge is 0.416 e. The average Bonchev–Trinajstić information content (AvgIpc) is 2.76. The van der Waals surface area contributed by atoms with Crippen LogP contribution in [0, 0.1) is 13.8 Å². The highest BCUT2D eigenvalue weighted by Gasteiger charge is 2.31. The van der Waals surface area contributed by atoms with Crippen LogP contribution in [0.2, 0.25) is 0 Å². The molecule has 0 saturated carbocycles. The first-order valence-electron chi connectivity index (χ1n) is 10.8. The van der Waals surface area contributed by atoms with Gasteiger partial charge in [0.2, 0.25) is 0 Å². The Morgan fingerprint density at radius 1 is 0.970 bits per heavy atom. The van der Waals surface area contributed by atoms with Crippen LogP contribution in [0.25, 0.3) is 0 Å². The molecule has 1 saturated heterocycles. The molecule has 0 amide bonds. The summed E-state index contributed by atoms with van der Waals surface area (Å²) in [6.45, 7) is 8.11. The van der Waals surface area contributed by atoms with Crippen molar-refractivity contribution in [2.75, 3.05) is 57.4 Å². The Bertz CT molecular complexity index is 874. The van der Waals surface area contributed by atoms with E-state index in [2.05, 4.69) is 11.8 Å². The van der Waals surface area contributed by atoms with Gasteiger partial charge in [-0.05, 0) is 55.3 Å². The van der Waals surface area contributed by atoms with Crippen LogP contribution in [-0.4, -0.2) is 68.7 Å². The molecule has 9 heteroatoms. The zero-order chi connectivity index (χ0) is 23.1. The number of benzene rings is 2. The monoisotopic (exact) mass is 488 g/mol. The van der Waals surface area contributed by atoms with Crippen molar-refractivity contribution in [2.24, 2.45) is 0 Å². The van der Waals surface area contributed by atoms with Gasteiger partial charge in [0.05, 0.1) is 24.9 Å². The van der Waals surface area contributed by atoms with Crippen LogP contribution in [0.4, 0.5) is 18.9 Å². The summed E-state index contributed by atoms with van der Waals surface area (Å²) in [6.07, 6.45) is -4.97. The molecule has 3 rings (SSSR count). The molecule has 1 aliphatic rings. The van der Waals surface area contributed by atoms with Gasteiger partial charge in [0.15, 0.2) is 0 Å². The van der Waals surface area contributed by atoms with Crippen molar-refractivity contribution in [3.05, 3.63) is 59.2 Å². The SMILES string of the molecule is Cc1ccc(OCCOCC(O)CN2CCN(c3cccc(C(F)(F)F)c3)CC2)cc1C.Cl. The van der Waals surface area contributed by atoms with E-state index in [4.69, 9.17) is 9.47 Å². The minimum absolute atomic E-state index is 0. The molecule has 2 aromatic rings.